The third-order valence-corrected chi connectivity index (χ3v) is 6.36. The van der Waals surface area contributed by atoms with Crippen LogP contribution in [-0.2, 0) is 4.79 Å². The van der Waals surface area contributed by atoms with Crippen LogP contribution in [0.5, 0.6) is 0 Å². The van der Waals surface area contributed by atoms with E-state index in [0.717, 1.165) is 23.5 Å². The van der Waals surface area contributed by atoms with Crippen molar-refractivity contribution in [3.05, 3.63) is 0 Å². The summed E-state index contributed by atoms with van der Waals surface area (Å²) < 4.78 is 37.1. The van der Waals surface area contributed by atoms with Gasteiger partial charge in [0.1, 0.15) is 0 Å². The average Bonchev–Trinajstić information content (AvgIpc) is 2.76. The van der Waals surface area contributed by atoms with Crippen LogP contribution in [0.4, 0.5) is 13.2 Å². The van der Waals surface area contributed by atoms with E-state index in [-0.39, 0.29) is 19.6 Å². The highest BCUT2D eigenvalue weighted by molar-refractivity contribution is 8.21. The minimum absolute atomic E-state index is 0.0429. The molecule has 0 aromatic rings. The van der Waals surface area contributed by atoms with Gasteiger partial charge in [0.05, 0.1) is 12.0 Å². The lowest BCUT2D eigenvalue weighted by Crippen LogP contribution is -2.46. The van der Waals surface area contributed by atoms with Crippen molar-refractivity contribution < 1.29 is 28.2 Å². The van der Waals surface area contributed by atoms with Gasteiger partial charge in [0, 0.05) is 31.1 Å². The van der Waals surface area contributed by atoms with E-state index in [0.29, 0.717) is 11.5 Å². The summed E-state index contributed by atoms with van der Waals surface area (Å²) in [6, 6.07) is 0. The first-order valence-corrected chi connectivity index (χ1v) is 8.04. The van der Waals surface area contributed by atoms with Crippen LogP contribution < -0.4 is 5.32 Å². The van der Waals surface area contributed by atoms with Gasteiger partial charge in [-0.05, 0) is 6.92 Å². The Hall–Kier alpha value is -0.120. The van der Waals surface area contributed by atoms with Gasteiger partial charge < -0.3 is 15.5 Å². The number of thioether (sulfide) groups is 2. The van der Waals surface area contributed by atoms with E-state index in [2.05, 4.69) is 5.32 Å². The molecule has 3 N–H and O–H groups in total. The smallest absolute Gasteiger partial charge is 0.396 e. The Kier molecular flexibility index (Phi) is 6.06. The number of hydrogen-bond acceptors (Lipinski definition) is 5. The molecule has 1 unspecified atom stereocenters. The standard InChI is InChI=1S/C11H18F3NO3S2/c1-9(18,2-3-16)7-15-8(17)6-10(11(12,13)14)19-4-5-20-10/h16,18H,2-7H2,1H3,(H,15,17). The summed E-state index contributed by atoms with van der Waals surface area (Å²) in [4.78, 5) is 11.7. The first kappa shape index (κ1) is 17.9. The number of hydrogen-bond donors (Lipinski definition) is 3. The van der Waals surface area contributed by atoms with Crippen LogP contribution in [0.2, 0.25) is 0 Å². The lowest BCUT2D eigenvalue weighted by molar-refractivity contribution is -0.146. The molecule has 20 heavy (non-hydrogen) atoms. The predicted octanol–water partition coefficient (Wildman–Crippen LogP) is 1.36. The Morgan fingerprint density at radius 3 is 2.35 bits per heavy atom. The molecule has 9 heteroatoms. The zero-order valence-electron chi connectivity index (χ0n) is 11.0. The number of alkyl halides is 3. The van der Waals surface area contributed by atoms with Gasteiger partial charge in [0.2, 0.25) is 5.91 Å². The fraction of sp³-hybridized carbons (Fsp3) is 0.909. The molecule has 0 aliphatic carbocycles. The van der Waals surface area contributed by atoms with E-state index >= 15 is 0 Å². The summed E-state index contributed by atoms with van der Waals surface area (Å²) in [5.74, 6) is -0.0261. The first-order valence-electron chi connectivity index (χ1n) is 6.06. The quantitative estimate of drug-likeness (QED) is 0.685. The molecule has 1 aliphatic rings. The van der Waals surface area contributed by atoms with Crippen molar-refractivity contribution in [2.24, 2.45) is 0 Å². The molecule has 0 saturated carbocycles. The second kappa shape index (κ2) is 6.76. The van der Waals surface area contributed by atoms with Gasteiger partial charge in [0.15, 0.2) is 4.08 Å². The Balaban J connectivity index is 2.56. The van der Waals surface area contributed by atoms with E-state index in [1.54, 1.807) is 0 Å². The molecule has 118 valence electrons. The summed E-state index contributed by atoms with van der Waals surface area (Å²) in [6.07, 6.45) is -5.08. The molecule has 1 fully saturated rings. The summed E-state index contributed by atoms with van der Waals surface area (Å²) >= 11 is 1.49. The Bertz CT molecular complexity index is 344. The molecule has 4 nitrogen and oxygen atoms in total. The van der Waals surface area contributed by atoms with Crippen molar-refractivity contribution in [1.29, 1.82) is 0 Å². The average molecular weight is 333 g/mol. The van der Waals surface area contributed by atoms with E-state index in [9.17, 15) is 23.1 Å². The Labute approximate surface area is 123 Å². The normalized spacial score (nSPS) is 21.5. The van der Waals surface area contributed by atoms with Crippen LogP contribution >= 0.6 is 23.5 Å². The van der Waals surface area contributed by atoms with Gasteiger partial charge in [-0.15, -0.1) is 23.5 Å². The number of carbonyl (C=O) groups excluding carboxylic acids is 1. The minimum Gasteiger partial charge on any atom is -0.396 e. The molecular formula is C11H18F3NO3S2. The largest absolute Gasteiger partial charge is 0.412 e. The van der Waals surface area contributed by atoms with Gasteiger partial charge in [-0.3, -0.25) is 4.79 Å². The lowest BCUT2D eigenvalue weighted by atomic mass is 10.0. The van der Waals surface area contributed by atoms with Crippen LogP contribution in [0.1, 0.15) is 19.8 Å². The molecule has 0 radical (unpaired) electrons. The predicted molar refractivity (Wildman–Crippen MR) is 73.7 cm³/mol. The molecule has 1 rings (SSSR count). The van der Waals surface area contributed by atoms with Gasteiger partial charge in [-0.2, -0.15) is 13.2 Å². The number of rotatable bonds is 6. The lowest BCUT2D eigenvalue weighted by Gasteiger charge is -2.30. The molecule has 0 aromatic carbocycles. The van der Waals surface area contributed by atoms with E-state index in [1.165, 1.54) is 6.92 Å². The van der Waals surface area contributed by atoms with Crippen molar-refractivity contribution in [1.82, 2.24) is 5.32 Å². The van der Waals surface area contributed by atoms with E-state index in [4.69, 9.17) is 5.11 Å². The molecule has 1 aliphatic heterocycles. The molecule has 1 atom stereocenters. The molecule has 1 saturated heterocycles. The topological polar surface area (TPSA) is 69.6 Å². The highest BCUT2D eigenvalue weighted by Gasteiger charge is 2.58. The van der Waals surface area contributed by atoms with Crippen LogP contribution in [0.3, 0.4) is 0 Å². The second-order valence-corrected chi connectivity index (χ2v) is 7.92. The Morgan fingerprint density at radius 2 is 1.90 bits per heavy atom. The Morgan fingerprint density at radius 1 is 1.35 bits per heavy atom. The van der Waals surface area contributed by atoms with Gasteiger partial charge in [-0.25, -0.2) is 0 Å². The van der Waals surface area contributed by atoms with Crippen molar-refractivity contribution in [3.63, 3.8) is 0 Å². The number of nitrogens with one attached hydrogen (secondary N) is 1. The number of aliphatic hydroxyl groups is 2. The van der Waals surface area contributed by atoms with Crippen molar-refractivity contribution in [2.75, 3.05) is 24.7 Å². The summed E-state index contributed by atoms with van der Waals surface area (Å²) in [6.45, 7) is 0.957. The fourth-order valence-corrected chi connectivity index (χ4v) is 4.67. The van der Waals surface area contributed by atoms with Gasteiger partial charge >= 0.3 is 6.18 Å². The summed E-state index contributed by atoms with van der Waals surface area (Å²) in [5.41, 5.74) is -1.33. The maximum atomic E-state index is 13.1. The van der Waals surface area contributed by atoms with Crippen LogP contribution in [0, 0.1) is 0 Å². The highest BCUT2D eigenvalue weighted by Crippen LogP contribution is 2.56. The molecule has 1 amide bonds. The van der Waals surface area contributed by atoms with E-state index < -0.39 is 28.2 Å². The zero-order valence-corrected chi connectivity index (χ0v) is 12.6. The summed E-state index contributed by atoms with van der Waals surface area (Å²) in [5, 5.41) is 20.8. The molecule has 0 spiro atoms. The zero-order chi connectivity index (χ0) is 15.4. The van der Waals surface area contributed by atoms with Crippen molar-refractivity contribution >= 4 is 29.4 Å². The third-order valence-electron chi connectivity index (χ3n) is 2.90. The van der Waals surface area contributed by atoms with Crippen molar-refractivity contribution in [2.45, 2.75) is 35.6 Å². The molecule has 1 heterocycles. The third kappa shape index (κ3) is 4.71. The van der Waals surface area contributed by atoms with E-state index in [1.807, 2.05) is 0 Å². The highest BCUT2D eigenvalue weighted by atomic mass is 32.2. The molecular weight excluding hydrogens is 315 g/mol. The fourth-order valence-electron chi connectivity index (χ4n) is 1.71. The number of aliphatic hydroxyl groups excluding tert-OH is 1. The van der Waals surface area contributed by atoms with Crippen LogP contribution in [0.25, 0.3) is 0 Å². The van der Waals surface area contributed by atoms with Crippen LogP contribution in [-0.4, -0.2) is 56.6 Å². The molecule has 0 bridgehead atoms. The van der Waals surface area contributed by atoms with Crippen molar-refractivity contribution in [3.8, 4) is 0 Å². The first-order chi connectivity index (χ1) is 9.12. The maximum absolute atomic E-state index is 13.1. The minimum atomic E-state index is -4.45. The maximum Gasteiger partial charge on any atom is 0.412 e. The SMILES string of the molecule is CC(O)(CCO)CNC(=O)CC1(C(F)(F)F)SCCS1. The number of halogens is 3. The number of amides is 1. The monoisotopic (exact) mass is 333 g/mol. The summed E-state index contributed by atoms with van der Waals surface area (Å²) in [7, 11) is 0. The van der Waals surface area contributed by atoms with Gasteiger partial charge in [-0.1, -0.05) is 0 Å². The number of carbonyl (C=O) groups is 1. The second-order valence-electron chi connectivity index (χ2n) is 4.87. The molecule has 0 aromatic heterocycles. The van der Waals surface area contributed by atoms with Gasteiger partial charge in [0.25, 0.3) is 0 Å². The van der Waals surface area contributed by atoms with Crippen LogP contribution in [0.15, 0.2) is 0 Å².